The topological polar surface area (TPSA) is 58.6 Å². The first-order valence-corrected chi connectivity index (χ1v) is 9.46. The van der Waals surface area contributed by atoms with Crippen LogP contribution in [0.25, 0.3) is 0 Å². The second-order valence-electron chi connectivity index (χ2n) is 7.45. The normalized spacial score (nSPS) is 19.8. The molecule has 1 N–H and O–H groups in total. The number of nitrogens with zero attached hydrogens (tertiary/aromatic N) is 1. The molecule has 2 aliphatic rings. The second-order valence-corrected chi connectivity index (χ2v) is 7.45. The molecule has 1 aromatic rings. The Hall–Kier alpha value is -1.95. The van der Waals surface area contributed by atoms with Gasteiger partial charge in [-0.15, -0.1) is 0 Å². The number of nitrogens with one attached hydrogen (secondary N) is 1. The molecule has 2 fully saturated rings. The van der Waals surface area contributed by atoms with E-state index in [2.05, 4.69) is 10.2 Å². The highest BCUT2D eigenvalue weighted by Crippen LogP contribution is 2.29. The van der Waals surface area contributed by atoms with Crippen LogP contribution in [0.2, 0.25) is 0 Å². The first-order valence-electron chi connectivity index (χ1n) is 9.46. The summed E-state index contributed by atoms with van der Waals surface area (Å²) < 4.78 is 18.3. The molecule has 0 bridgehead atoms. The highest BCUT2D eigenvalue weighted by molar-refractivity contribution is 5.81. The van der Waals surface area contributed by atoms with Gasteiger partial charge in [0.2, 0.25) is 0 Å². The summed E-state index contributed by atoms with van der Waals surface area (Å²) in [5.74, 6) is -1.43. The monoisotopic (exact) mass is 362 g/mol. The van der Waals surface area contributed by atoms with Crippen molar-refractivity contribution in [3.8, 4) is 0 Å². The van der Waals surface area contributed by atoms with Gasteiger partial charge in [0.25, 0.3) is 5.91 Å². The lowest BCUT2D eigenvalue weighted by molar-refractivity contribution is -0.152. The number of benzene rings is 1. The number of carbonyl (C=O) groups excluding carboxylic acids is 2. The number of piperidine rings is 1. The van der Waals surface area contributed by atoms with E-state index >= 15 is 0 Å². The van der Waals surface area contributed by atoms with Crippen molar-refractivity contribution < 1.29 is 18.7 Å². The molecular formula is C20H27FN2O3. The van der Waals surface area contributed by atoms with E-state index in [0.717, 1.165) is 37.5 Å². The molecule has 0 radical (unpaired) electrons. The van der Waals surface area contributed by atoms with Gasteiger partial charge in [0.15, 0.2) is 6.61 Å². The average Bonchev–Trinajstić information content (AvgIpc) is 3.45. The Bertz CT molecular complexity index is 640. The van der Waals surface area contributed by atoms with Gasteiger partial charge in [-0.3, -0.25) is 9.59 Å². The Kier molecular flexibility index (Phi) is 6.25. The Morgan fingerprint density at radius 2 is 2.00 bits per heavy atom. The van der Waals surface area contributed by atoms with Crippen LogP contribution in [0, 0.1) is 11.7 Å². The number of esters is 1. The van der Waals surface area contributed by atoms with Gasteiger partial charge in [-0.25, -0.2) is 4.39 Å². The van der Waals surface area contributed by atoms with Crippen LogP contribution in [-0.4, -0.2) is 48.6 Å². The average molecular weight is 362 g/mol. The maximum atomic E-state index is 13.2. The van der Waals surface area contributed by atoms with Gasteiger partial charge in [-0.1, -0.05) is 19.1 Å². The quantitative estimate of drug-likeness (QED) is 0.756. The molecule has 1 atom stereocenters. The highest BCUT2D eigenvalue weighted by atomic mass is 19.1. The van der Waals surface area contributed by atoms with E-state index < -0.39 is 11.9 Å². The summed E-state index contributed by atoms with van der Waals surface area (Å²) in [7, 11) is 0. The van der Waals surface area contributed by atoms with Crippen LogP contribution < -0.4 is 5.32 Å². The number of amides is 1. The standard InChI is InChI=1S/C20H27FN2O3/c1-14(11-15-3-2-4-16(21)12-15)20(25)26-13-19(24)22-17-7-9-23(10-8-17)18-5-6-18/h2-4,12,14,17-18H,5-11,13H2,1H3,(H,22,24). The maximum Gasteiger partial charge on any atom is 0.309 e. The molecule has 142 valence electrons. The van der Waals surface area contributed by atoms with Crippen LogP contribution >= 0.6 is 0 Å². The highest BCUT2D eigenvalue weighted by Gasteiger charge is 2.32. The van der Waals surface area contributed by atoms with Crippen molar-refractivity contribution in [2.24, 2.45) is 5.92 Å². The lowest BCUT2D eigenvalue weighted by Gasteiger charge is -2.32. The van der Waals surface area contributed by atoms with Gasteiger partial charge in [-0.05, 0) is 49.8 Å². The lowest BCUT2D eigenvalue weighted by atomic mass is 10.0. The zero-order valence-electron chi connectivity index (χ0n) is 15.2. The molecule has 0 spiro atoms. The van der Waals surface area contributed by atoms with E-state index in [-0.39, 0.29) is 24.4 Å². The minimum Gasteiger partial charge on any atom is -0.455 e. The van der Waals surface area contributed by atoms with Crippen LogP contribution in [0.3, 0.4) is 0 Å². The number of halogens is 1. The van der Waals surface area contributed by atoms with Crippen molar-refractivity contribution in [2.75, 3.05) is 19.7 Å². The first kappa shape index (κ1) is 18.8. The summed E-state index contributed by atoms with van der Waals surface area (Å²) in [5.41, 5.74) is 0.737. The van der Waals surface area contributed by atoms with Gasteiger partial charge >= 0.3 is 5.97 Å². The van der Waals surface area contributed by atoms with Crippen molar-refractivity contribution >= 4 is 11.9 Å². The minimum atomic E-state index is -0.437. The predicted octanol–water partition coefficient (Wildman–Crippen LogP) is 2.29. The molecule has 1 aromatic carbocycles. The van der Waals surface area contributed by atoms with Gasteiger partial charge < -0.3 is 15.0 Å². The summed E-state index contributed by atoms with van der Waals surface area (Å²) in [4.78, 5) is 26.6. The van der Waals surface area contributed by atoms with Crippen LogP contribution in [-0.2, 0) is 20.7 Å². The van der Waals surface area contributed by atoms with Crippen LogP contribution in [0.15, 0.2) is 24.3 Å². The summed E-state index contributed by atoms with van der Waals surface area (Å²) in [6.45, 7) is 3.52. The van der Waals surface area contributed by atoms with Crippen molar-refractivity contribution in [3.63, 3.8) is 0 Å². The third kappa shape index (κ3) is 5.53. The summed E-state index contributed by atoms with van der Waals surface area (Å²) in [5, 5.41) is 2.96. The molecule has 5 nitrogen and oxygen atoms in total. The zero-order valence-corrected chi connectivity index (χ0v) is 15.2. The number of carbonyl (C=O) groups is 2. The fourth-order valence-electron chi connectivity index (χ4n) is 3.50. The second kappa shape index (κ2) is 8.62. The SMILES string of the molecule is CC(Cc1cccc(F)c1)C(=O)OCC(=O)NC1CCN(C2CC2)CC1. The van der Waals surface area contributed by atoms with Gasteiger partial charge in [0.1, 0.15) is 5.82 Å². The molecule has 1 heterocycles. The van der Waals surface area contributed by atoms with Gasteiger partial charge in [0.05, 0.1) is 5.92 Å². The molecule has 1 saturated heterocycles. The van der Waals surface area contributed by atoms with Crippen LogP contribution in [0.5, 0.6) is 0 Å². The number of hydrogen-bond acceptors (Lipinski definition) is 4. The van der Waals surface area contributed by atoms with Gasteiger partial charge in [0, 0.05) is 25.2 Å². The third-order valence-corrected chi connectivity index (χ3v) is 5.14. The molecule has 1 aliphatic carbocycles. The van der Waals surface area contributed by atoms with Crippen LogP contribution in [0.4, 0.5) is 4.39 Å². The smallest absolute Gasteiger partial charge is 0.309 e. The zero-order chi connectivity index (χ0) is 18.5. The van der Waals surface area contributed by atoms with Crippen molar-refractivity contribution in [3.05, 3.63) is 35.6 Å². The largest absolute Gasteiger partial charge is 0.455 e. The molecule has 0 aromatic heterocycles. The van der Waals surface area contributed by atoms with E-state index in [1.165, 1.54) is 25.0 Å². The van der Waals surface area contributed by atoms with Gasteiger partial charge in [-0.2, -0.15) is 0 Å². The Morgan fingerprint density at radius 1 is 1.27 bits per heavy atom. The minimum absolute atomic E-state index is 0.168. The summed E-state index contributed by atoms with van der Waals surface area (Å²) >= 11 is 0. The Balaban J connectivity index is 1.34. The van der Waals surface area contributed by atoms with Crippen molar-refractivity contribution in [1.29, 1.82) is 0 Å². The summed E-state index contributed by atoms with van der Waals surface area (Å²) in [6.07, 6.45) is 4.90. The molecule has 3 rings (SSSR count). The molecule has 1 saturated carbocycles. The Labute approximate surface area is 153 Å². The Morgan fingerprint density at radius 3 is 2.65 bits per heavy atom. The summed E-state index contributed by atoms with van der Waals surface area (Å²) in [6, 6.07) is 7.10. The maximum absolute atomic E-state index is 13.2. The van der Waals surface area contributed by atoms with Crippen LogP contribution in [0.1, 0.15) is 38.2 Å². The number of rotatable bonds is 7. The molecule has 6 heteroatoms. The van der Waals surface area contributed by atoms with Crippen molar-refractivity contribution in [1.82, 2.24) is 10.2 Å². The molecule has 1 amide bonds. The first-order chi connectivity index (χ1) is 12.5. The van der Waals surface area contributed by atoms with E-state index in [9.17, 15) is 14.0 Å². The lowest BCUT2D eigenvalue weighted by Crippen LogP contribution is -2.46. The van der Waals surface area contributed by atoms with E-state index in [1.54, 1.807) is 19.1 Å². The molecule has 26 heavy (non-hydrogen) atoms. The third-order valence-electron chi connectivity index (χ3n) is 5.14. The fourth-order valence-corrected chi connectivity index (χ4v) is 3.50. The number of likely N-dealkylation sites (tertiary alicyclic amines) is 1. The number of ether oxygens (including phenoxy) is 1. The molecule has 1 unspecified atom stereocenters. The number of hydrogen-bond donors (Lipinski definition) is 1. The van der Waals surface area contributed by atoms with Crippen molar-refractivity contribution in [2.45, 2.75) is 51.1 Å². The molecule has 1 aliphatic heterocycles. The predicted molar refractivity (Wildman–Crippen MR) is 96.0 cm³/mol. The van der Waals surface area contributed by atoms with E-state index in [0.29, 0.717) is 6.42 Å². The van der Waals surface area contributed by atoms with E-state index in [4.69, 9.17) is 4.74 Å². The fraction of sp³-hybridized carbons (Fsp3) is 0.600. The van der Waals surface area contributed by atoms with E-state index in [1.807, 2.05) is 0 Å². The molecular weight excluding hydrogens is 335 g/mol.